The lowest BCUT2D eigenvalue weighted by Crippen LogP contribution is -2.15. The zero-order valence-corrected chi connectivity index (χ0v) is 16.1. The van der Waals surface area contributed by atoms with Crippen molar-refractivity contribution in [3.05, 3.63) is 83.7 Å². The summed E-state index contributed by atoms with van der Waals surface area (Å²) in [4.78, 5) is 30.8. The minimum Gasteiger partial charge on any atom is -0.377 e. The van der Waals surface area contributed by atoms with Gasteiger partial charge in [0.2, 0.25) is 0 Å². The first-order valence-electron chi connectivity index (χ1n) is 8.85. The maximum absolute atomic E-state index is 12.6. The molecule has 6 nitrogen and oxygen atoms in total. The van der Waals surface area contributed by atoms with Crippen LogP contribution in [0, 0.1) is 6.92 Å². The predicted molar refractivity (Wildman–Crippen MR) is 112 cm³/mol. The summed E-state index contributed by atoms with van der Waals surface area (Å²) in [5.74, 6) is -0.518. The Balaban J connectivity index is 1.72. The van der Waals surface area contributed by atoms with E-state index < -0.39 is 0 Å². The minimum absolute atomic E-state index is 0.241. The maximum atomic E-state index is 12.6. The number of anilines is 3. The van der Waals surface area contributed by atoms with Crippen molar-refractivity contribution in [3.8, 4) is 0 Å². The molecule has 1 aromatic heterocycles. The van der Waals surface area contributed by atoms with E-state index in [2.05, 4.69) is 15.6 Å². The van der Waals surface area contributed by atoms with Gasteiger partial charge in [-0.2, -0.15) is 0 Å². The summed E-state index contributed by atoms with van der Waals surface area (Å²) in [5, 5.41) is 5.68. The molecule has 0 fully saturated rings. The first-order valence-corrected chi connectivity index (χ1v) is 8.85. The summed E-state index contributed by atoms with van der Waals surface area (Å²) in [6.45, 7) is 2.00. The lowest BCUT2D eigenvalue weighted by Gasteiger charge is -2.16. The highest BCUT2D eigenvalue weighted by Crippen LogP contribution is 2.22. The number of benzene rings is 2. The van der Waals surface area contributed by atoms with E-state index in [1.54, 1.807) is 42.6 Å². The largest absolute Gasteiger partial charge is 0.377 e. The number of rotatable bonds is 5. The van der Waals surface area contributed by atoms with Gasteiger partial charge in [-0.05, 0) is 61.0 Å². The number of aryl methyl sites for hydroxylation is 1. The molecule has 0 aliphatic rings. The number of amides is 2. The van der Waals surface area contributed by atoms with Crippen LogP contribution in [-0.2, 0) is 0 Å². The van der Waals surface area contributed by atoms with Crippen molar-refractivity contribution in [1.29, 1.82) is 0 Å². The molecule has 3 rings (SSSR count). The van der Waals surface area contributed by atoms with E-state index >= 15 is 0 Å². The Labute approximate surface area is 164 Å². The van der Waals surface area contributed by atoms with E-state index in [4.69, 9.17) is 0 Å². The summed E-state index contributed by atoms with van der Waals surface area (Å²) < 4.78 is 0. The predicted octanol–water partition coefficient (Wildman–Crippen LogP) is 3.96. The number of carbonyl (C=O) groups is 2. The molecular formula is C22H22N4O2. The van der Waals surface area contributed by atoms with Gasteiger partial charge < -0.3 is 15.5 Å². The van der Waals surface area contributed by atoms with E-state index in [0.717, 1.165) is 16.9 Å². The van der Waals surface area contributed by atoms with Crippen LogP contribution >= 0.6 is 0 Å². The maximum Gasteiger partial charge on any atom is 0.257 e. The van der Waals surface area contributed by atoms with Crippen LogP contribution < -0.4 is 15.5 Å². The average Bonchev–Trinajstić information content (AvgIpc) is 2.68. The summed E-state index contributed by atoms with van der Waals surface area (Å²) in [5.41, 5.74) is 4.34. The fourth-order valence-electron chi connectivity index (χ4n) is 2.88. The van der Waals surface area contributed by atoms with Gasteiger partial charge in [0.25, 0.3) is 11.8 Å². The number of nitrogens with zero attached hydrogens (tertiary/aromatic N) is 2. The normalized spacial score (nSPS) is 10.2. The van der Waals surface area contributed by atoms with Crippen LogP contribution in [0.1, 0.15) is 26.3 Å². The third kappa shape index (κ3) is 4.54. The van der Waals surface area contributed by atoms with E-state index in [-0.39, 0.29) is 11.8 Å². The fourth-order valence-corrected chi connectivity index (χ4v) is 2.88. The van der Waals surface area contributed by atoms with Crippen molar-refractivity contribution >= 4 is 28.9 Å². The zero-order valence-electron chi connectivity index (χ0n) is 16.1. The van der Waals surface area contributed by atoms with Gasteiger partial charge in [-0.1, -0.05) is 6.07 Å². The highest BCUT2D eigenvalue weighted by atomic mass is 16.2. The summed E-state index contributed by atoms with van der Waals surface area (Å²) in [6, 6.07) is 16.0. The molecule has 0 spiro atoms. The molecular weight excluding hydrogens is 352 g/mol. The molecule has 0 aliphatic heterocycles. The zero-order chi connectivity index (χ0) is 20.1. The van der Waals surface area contributed by atoms with E-state index in [0.29, 0.717) is 16.8 Å². The highest BCUT2D eigenvalue weighted by molar-refractivity contribution is 6.07. The number of aromatic nitrogens is 1. The molecule has 0 bridgehead atoms. The number of hydrogen-bond acceptors (Lipinski definition) is 4. The molecule has 28 heavy (non-hydrogen) atoms. The molecule has 2 aromatic carbocycles. The second kappa shape index (κ2) is 8.35. The standard InChI is InChI=1S/C22H22N4O2/c1-15-12-19(9-10-20(15)26(2)3)25-21(27)16-6-4-8-18(13-16)24-22(28)17-7-5-11-23-14-17/h4-14H,1-3H3,(H,24,28)(H,25,27). The van der Waals surface area contributed by atoms with Gasteiger partial charge in [0.1, 0.15) is 0 Å². The second-order valence-electron chi connectivity index (χ2n) is 6.63. The smallest absolute Gasteiger partial charge is 0.257 e. The van der Waals surface area contributed by atoms with Crippen molar-refractivity contribution in [2.24, 2.45) is 0 Å². The van der Waals surface area contributed by atoms with Gasteiger partial charge in [0.05, 0.1) is 5.56 Å². The number of nitrogens with one attached hydrogen (secondary N) is 2. The van der Waals surface area contributed by atoms with Gasteiger partial charge in [0, 0.05) is 49.1 Å². The Morgan fingerprint density at radius 3 is 2.18 bits per heavy atom. The second-order valence-corrected chi connectivity index (χ2v) is 6.63. The monoisotopic (exact) mass is 374 g/mol. The molecule has 0 aliphatic carbocycles. The molecule has 6 heteroatoms. The third-order valence-corrected chi connectivity index (χ3v) is 4.24. The van der Waals surface area contributed by atoms with E-state index in [1.807, 2.05) is 44.1 Å². The molecule has 0 saturated heterocycles. The molecule has 142 valence electrons. The minimum atomic E-state index is -0.277. The lowest BCUT2D eigenvalue weighted by molar-refractivity contribution is 0.101. The first-order chi connectivity index (χ1) is 13.4. The van der Waals surface area contributed by atoms with Crippen LogP contribution in [0.25, 0.3) is 0 Å². The lowest BCUT2D eigenvalue weighted by atomic mass is 10.1. The topological polar surface area (TPSA) is 74.3 Å². The van der Waals surface area contributed by atoms with Gasteiger partial charge in [0.15, 0.2) is 0 Å². The van der Waals surface area contributed by atoms with Gasteiger partial charge in [-0.25, -0.2) is 0 Å². The van der Waals surface area contributed by atoms with Crippen LogP contribution in [0.4, 0.5) is 17.1 Å². The summed E-state index contributed by atoms with van der Waals surface area (Å²) in [6.07, 6.45) is 3.10. The molecule has 3 aromatic rings. The van der Waals surface area contributed by atoms with Crippen LogP contribution in [0.15, 0.2) is 67.0 Å². The van der Waals surface area contributed by atoms with Crippen molar-refractivity contribution < 1.29 is 9.59 Å². The number of carbonyl (C=O) groups excluding carboxylic acids is 2. The number of hydrogen-bond donors (Lipinski definition) is 2. The van der Waals surface area contributed by atoms with Crippen molar-refractivity contribution in [1.82, 2.24) is 4.98 Å². The Morgan fingerprint density at radius 2 is 1.54 bits per heavy atom. The van der Waals surface area contributed by atoms with Crippen molar-refractivity contribution in [3.63, 3.8) is 0 Å². The van der Waals surface area contributed by atoms with Crippen molar-refractivity contribution in [2.75, 3.05) is 29.6 Å². The first kappa shape index (κ1) is 19.1. The fraction of sp³-hybridized carbons (Fsp3) is 0.136. The van der Waals surface area contributed by atoms with Gasteiger partial charge >= 0.3 is 0 Å². The van der Waals surface area contributed by atoms with Crippen LogP contribution in [0.5, 0.6) is 0 Å². The molecule has 0 unspecified atom stereocenters. The Morgan fingerprint density at radius 1 is 0.857 bits per heavy atom. The van der Waals surface area contributed by atoms with E-state index in [9.17, 15) is 9.59 Å². The van der Waals surface area contributed by atoms with Crippen LogP contribution in [-0.4, -0.2) is 30.9 Å². The van der Waals surface area contributed by atoms with Crippen LogP contribution in [0.3, 0.4) is 0 Å². The molecule has 2 amide bonds. The van der Waals surface area contributed by atoms with Gasteiger partial charge in [-0.15, -0.1) is 0 Å². The van der Waals surface area contributed by atoms with Crippen molar-refractivity contribution in [2.45, 2.75) is 6.92 Å². The quantitative estimate of drug-likeness (QED) is 0.709. The summed E-state index contributed by atoms with van der Waals surface area (Å²) >= 11 is 0. The Kier molecular flexibility index (Phi) is 5.69. The molecule has 0 atom stereocenters. The molecule has 1 heterocycles. The Bertz CT molecular complexity index is 1000. The van der Waals surface area contributed by atoms with Crippen LogP contribution in [0.2, 0.25) is 0 Å². The SMILES string of the molecule is Cc1cc(NC(=O)c2cccc(NC(=O)c3cccnc3)c2)ccc1N(C)C. The molecule has 0 saturated carbocycles. The Hall–Kier alpha value is -3.67. The third-order valence-electron chi connectivity index (χ3n) is 4.24. The summed E-state index contributed by atoms with van der Waals surface area (Å²) in [7, 11) is 3.96. The van der Waals surface area contributed by atoms with Gasteiger partial charge in [-0.3, -0.25) is 14.6 Å². The molecule has 0 radical (unpaired) electrons. The average molecular weight is 374 g/mol. The molecule has 2 N–H and O–H groups in total. The van der Waals surface area contributed by atoms with E-state index in [1.165, 1.54) is 6.20 Å². The highest BCUT2D eigenvalue weighted by Gasteiger charge is 2.11. The number of pyridine rings is 1.